The predicted octanol–water partition coefficient (Wildman–Crippen LogP) is 2.36. The second-order valence-electron chi connectivity index (χ2n) is 3.92. The zero-order valence-electron chi connectivity index (χ0n) is 10.2. The molecular formula is C12H12N2O3S2. The van der Waals surface area contributed by atoms with Gasteiger partial charge in [0.05, 0.1) is 21.7 Å². The van der Waals surface area contributed by atoms with Crippen LogP contribution in [0.15, 0.2) is 18.2 Å². The molecule has 2 N–H and O–H groups in total. The average Bonchev–Trinajstić information content (AvgIpc) is 2.69. The number of carbonyl (C=O) groups excluding carboxylic acids is 1. The number of anilines is 1. The molecule has 5 nitrogen and oxygen atoms in total. The fourth-order valence-corrected chi connectivity index (χ4v) is 2.99. The monoisotopic (exact) mass is 296 g/mol. The van der Waals surface area contributed by atoms with E-state index in [9.17, 15) is 9.59 Å². The lowest BCUT2D eigenvalue weighted by atomic mass is 10.2. The SMILES string of the molecule is Cc1ccc2nc(NC(=O)CSCC(=O)O)sc2c1. The third-order valence-corrected chi connectivity index (χ3v) is 4.10. The predicted molar refractivity (Wildman–Crippen MR) is 77.9 cm³/mol. The number of fused-ring (bicyclic) bond motifs is 1. The Morgan fingerprint density at radius 2 is 2.21 bits per heavy atom. The molecule has 2 aromatic rings. The third-order valence-electron chi connectivity index (χ3n) is 2.25. The number of hydrogen-bond donors (Lipinski definition) is 2. The van der Waals surface area contributed by atoms with Gasteiger partial charge in [-0.1, -0.05) is 17.4 Å². The first-order chi connectivity index (χ1) is 9.04. The molecule has 1 aromatic heterocycles. The van der Waals surface area contributed by atoms with Crippen LogP contribution >= 0.6 is 23.1 Å². The number of carboxylic acids is 1. The van der Waals surface area contributed by atoms with Gasteiger partial charge < -0.3 is 10.4 Å². The number of thiazole rings is 1. The van der Waals surface area contributed by atoms with E-state index in [2.05, 4.69) is 10.3 Å². The number of nitrogens with zero attached hydrogens (tertiary/aromatic N) is 1. The summed E-state index contributed by atoms with van der Waals surface area (Å²) in [7, 11) is 0. The quantitative estimate of drug-likeness (QED) is 0.885. The Morgan fingerprint density at radius 3 is 2.95 bits per heavy atom. The van der Waals surface area contributed by atoms with Crippen molar-refractivity contribution in [2.24, 2.45) is 0 Å². The summed E-state index contributed by atoms with van der Waals surface area (Å²) >= 11 is 2.47. The zero-order valence-corrected chi connectivity index (χ0v) is 11.8. The average molecular weight is 296 g/mol. The number of carbonyl (C=O) groups is 2. The molecule has 1 amide bonds. The first-order valence-corrected chi connectivity index (χ1v) is 7.48. The van der Waals surface area contributed by atoms with E-state index in [1.54, 1.807) is 0 Å². The fraction of sp³-hybridized carbons (Fsp3) is 0.250. The van der Waals surface area contributed by atoms with Crippen molar-refractivity contribution in [2.45, 2.75) is 6.92 Å². The van der Waals surface area contributed by atoms with Crippen LogP contribution in [0.1, 0.15) is 5.56 Å². The lowest BCUT2D eigenvalue weighted by molar-refractivity contribution is -0.133. The van der Waals surface area contributed by atoms with E-state index in [-0.39, 0.29) is 17.4 Å². The van der Waals surface area contributed by atoms with Gasteiger partial charge in [0.25, 0.3) is 0 Å². The van der Waals surface area contributed by atoms with Gasteiger partial charge in [0, 0.05) is 0 Å². The highest BCUT2D eigenvalue weighted by Crippen LogP contribution is 2.26. The van der Waals surface area contributed by atoms with E-state index < -0.39 is 5.97 Å². The molecule has 1 heterocycles. The van der Waals surface area contributed by atoms with Crippen LogP contribution in [0, 0.1) is 6.92 Å². The molecule has 100 valence electrons. The zero-order chi connectivity index (χ0) is 13.8. The summed E-state index contributed by atoms with van der Waals surface area (Å²) in [5, 5.41) is 11.7. The number of nitrogens with one attached hydrogen (secondary N) is 1. The van der Waals surface area contributed by atoms with Gasteiger partial charge in [-0.2, -0.15) is 0 Å². The Hall–Kier alpha value is -1.60. The van der Waals surface area contributed by atoms with Crippen molar-refractivity contribution in [3.63, 3.8) is 0 Å². The molecule has 7 heteroatoms. The Bertz CT molecular complexity index is 624. The molecule has 0 radical (unpaired) electrons. The fourth-order valence-electron chi connectivity index (χ4n) is 1.47. The van der Waals surface area contributed by atoms with E-state index in [4.69, 9.17) is 5.11 Å². The minimum absolute atomic E-state index is 0.0769. The van der Waals surface area contributed by atoms with Crippen LogP contribution in [0.3, 0.4) is 0 Å². The summed E-state index contributed by atoms with van der Waals surface area (Å²) in [5.74, 6) is -1.12. The van der Waals surface area contributed by atoms with Gasteiger partial charge in [-0.25, -0.2) is 4.98 Å². The highest BCUT2D eigenvalue weighted by molar-refractivity contribution is 8.00. The number of amides is 1. The molecule has 19 heavy (non-hydrogen) atoms. The van der Waals surface area contributed by atoms with Crippen LogP contribution < -0.4 is 5.32 Å². The first kappa shape index (κ1) is 13.8. The van der Waals surface area contributed by atoms with E-state index in [0.29, 0.717) is 5.13 Å². The number of rotatable bonds is 5. The van der Waals surface area contributed by atoms with Gasteiger partial charge in [-0.3, -0.25) is 9.59 Å². The molecule has 0 fully saturated rings. The highest BCUT2D eigenvalue weighted by atomic mass is 32.2. The summed E-state index contributed by atoms with van der Waals surface area (Å²) in [6.07, 6.45) is 0. The van der Waals surface area contributed by atoms with Crippen LogP contribution in [0.2, 0.25) is 0 Å². The normalized spacial score (nSPS) is 10.6. The van der Waals surface area contributed by atoms with Crippen molar-refractivity contribution in [1.82, 2.24) is 4.98 Å². The Morgan fingerprint density at radius 1 is 1.42 bits per heavy atom. The number of aliphatic carboxylic acids is 1. The number of carboxylic acid groups (broad SMARTS) is 1. The number of benzene rings is 1. The Labute approximate surface area is 118 Å². The van der Waals surface area contributed by atoms with E-state index in [1.165, 1.54) is 11.3 Å². The smallest absolute Gasteiger partial charge is 0.313 e. The highest BCUT2D eigenvalue weighted by Gasteiger charge is 2.08. The van der Waals surface area contributed by atoms with Gasteiger partial charge in [-0.15, -0.1) is 11.8 Å². The molecule has 0 bridgehead atoms. The molecule has 0 saturated heterocycles. The molecule has 1 aromatic carbocycles. The number of hydrogen-bond acceptors (Lipinski definition) is 5. The van der Waals surface area contributed by atoms with Crippen molar-refractivity contribution < 1.29 is 14.7 Å². The maximum atomic E-state index is 11.6. The topological polar surface area (TPSA) is 79.3 Å². The van der Waals surface area contributed by atoms with Crippen molar-refractivity contribution in [1.29, 1.82) is 0 Å². The summed E-state index contributed by atoms with van der Waals surface area (Å²) in [4.78, 5) is 26.2. The van der Waals surface area contributed by atoms with Gasteiger partial charge in [0.15, 0.2) is 5.13 Å². The summed E-state index contributed by atoms with van der Waals surface area (Å²) in [5.41, 5.74) is 2.00. The van der Waals surface area contributed by atoms with Crippen LogP contribution in [-0.2, 0) is 9.59 Å². The van der Waals surface area contributed by atoms with Gasteiger partial charge in [-0.05, 0) is 24.6 Å². The van der Waals surface area contributed by atoms with Gasteiger partial charge in [0.1, 0.15) is 0 Å². The van der Waals surface area contributed by atoms with E-state index in [0.717, 1.165) is 27.5 Å². The summed E-state index contributed by atoms with van der Waals surface area (Å²) in [6.45, 7) is 2.00. The molecule has 0 aliphatic carbocycles. The Kier molecular flexibility index (Phi) is 4.39. The molecular weight excluding hydrogens is 284 g/mol. The molecule has 2 rings (SSSR count). The van der Waals surface area contributed by atoms with Crippen LogP contribution in [-0.4, -0.2) is 33.5 Å². The second kappa shape index (κ2) is 6.03. The van der Waals surface area contributed by atoms with Crippen molar-refractivity contribution >= 4 is 50.3 Å². The summed E-state index contributed by atoms with van der Waals surface area (Å²) < 4.78 is 1.02. The third kappa shape index (κ3) is 3.93. The second-order valence-corrected chi connectivity index (χ2v) is 5.94. The van der Waals surface area contributed by atoms with Crippen LogP contribution in [0.4, 0.5) is 5.13 Å². The molecule has 0 unspecified atom stereocenters. The van der Waals surface area contributed by atoms with E-state index >= 15 is 0 Å². The van der Waals surface area contributed by atoms with Crippen molar-refractivity contribution in [2.75, 3.05) is 16.8 Å². The van der Waals surface area contributed by atoms with Crippen molar-refractivity contribution in [3.05, 3.63) is 23.8 Å². The number of aromatic nitrogens is 1. The standard InChI is InChI=1S/C12H12N2O3S2/c1-7-2-3-8-9(4-7)19-12(13-8)14-10(15)5-18-6-11(16)17/h2-4H,5-6H2,1H3,(H,16,17)(H,13,14,15). The number of thioether (sulfide) groups is 1. The van der Waals surface area contributed by atoms with Gasteiger partial charge in [0.2, 0.25) is 5.91 Å². The van der Waals surface area contributed by atoms with Crippen LogP contribution in [0.5, 0.6) is 0 Å². The number of aryl methyl sites for hydroxylation is 1. The van der Waals surface area contributed by atoms with Crippen LogP contribution in [0.25, 0.3) is 10.2 Å². The maximum Gasteiger partial charge on any atom is 0.313 e. The lowest BCUT2D eigenvalue weighted by Crippen LogP contribution is -2.15. The maximum absolute atomic E-state index is 11.6. The molecule has 0 aliphatic rings. The molecule has 0 spiro atoms. The first-order valence-electron chi connectivity index (χ1n) is 5.51. The summed E-state index contributed by atoms with van der Waals surface area (Å²) in [6, 6.07) is 5.90. The largest absolute Gasteiger partial charge is 0.481 e. The molecule has 0 saturated carbocycles. The lowest BCUT2D eigenvalue weighted by Gasteiger charge is -1.99. The molecule has 0 aliphatic heterocycles. The van der Waals surface area contributed by atoms with Crippen molar-refractivity contribution in [3.8, 4) is 0 Å². The van der Waals surface area contributed by atoms with Gasteiger partial charge >= 0.3 is 5.97 Å². The van der Waals surface area contributed by atoms with E-state index in [1.807, 2.05) is 25.1 Å². The minimum atomic E-state index is -0.923. The Balaban J connectivity index is 1.97. The molecule has 0 atom stereocenters. The minimum Gasteiger partial charge on any atom is -0.481 e.